The van der Waals surface area contributed by atoms with Crippen LogP contribution in [0.5, 0.6) is 0 Å². The van der Waals surface area contributed by atoms with Gasteiger partial charge < -0.3 is 9.80 Å². The van der Waals surface area contributed by atoms with Gasteiger partial charge in [0, 0.05) is 38.8 Å². The second-order valence-electron chi connectivity index (χ2n) is 5.54. The van der Waals surface area contributed by atoms with Gasteiger partial charge in [0.2, 0.25) is 0 Å². The van der Waals surface area contributed by atoms with Crippen molar-refractivity contribution in [1.29, 1.82) is 0 Å². The lowest BCUT2D eigenvalue weighted by molar-refractivity contribution is -0.385. The molecule has 0 bridgehead atoms. The first kappa shape index (κ1) is 15.9. The zero-order chi connectivity index (χ0) is 16.3. The van der Waals surface area contributed by atoms with Crippen LogP contribution in [0.3, 0.4) is 0 Å². The number of hydrogen-bond acceptors (Lipinski definition) is 4. The number of nitro groups is 1. The maximum Gasteiger partial charge on any atom is 0.282 e. The van der Waals surface area contributed by atoms with Gasteiger partial charge >= 0.3 is 0 Å². The molecule has 1 fully saturated rings. The topological polar surface area (TPSA) is 83.8 Å². The van der Waals surface area contributed by atoms with Gasteiger partial charge in [0.1, 0.15) is 5.56 Å². The van der Waals surface area contributed by atoms with Gasteiger partial charge in [0.25, 0.3) is 17.5 Å². The van der Waals surface area contributed by atoms with E-state index in [0.29, 0.717) is 13.1 Å². The van der Waals surface area contributed by atoms with Crippen molar-refractivity contribution >= 4 is 17.5 Å². The van der Waals surface area contributed by atoms with E-state index in [-0.39, 0.29) is 22.7 Å². The molecule has 0 atom stereocenters. The molecule has 1 saturated heterocycles. The molecule has 2 amide bonds. The van der Waals surface area contributed by atoms with Gasteiger partial charge in [0.15, 0.2) is 0 Å². The second-order valence-corrected chi connectivity index (χ2v) is 5.54. The van der Waals surface area contributed by atoms with Crippen molar-refractivity contribution in [2.45, 2.75) is 19.3 Å². The number of rotatable bonds is 3. The van der Waals surface area contributed by atoms with E-state index in [2.05, 4.69) is 0 Å². The van der Waals surface area contributed by atoms with Crippen molar-refractivity contribution in [2.24, 2.45) is 0 Å². The third-order valence-corrected chi connectivity index (χ3v) is 3.72. The highest BCUT2D eigenvalue weighted by Gasteiger charge is 2.25. The molecule has 22 heavy (non-hydrogen) atoms. The van der Waals surface area contributed by atoms with Crippen LogP contribution in [0.15, 0.2) is 18.2 Å². The van der Waals surface area contributed by atoms with Crippen LogP contribution in [-0.4, -0.2) is 53.7 Å². The van der Waals surface area contributed by atoms with Gasteiger partial charge in [-0.25, -0.2) is 0 Å². The fourth-order valence-electron chi connectivity index (χ4n) is 2.52. The standard InChI is InChI=1S/C15H19N3O4/c1-16(2)15(20)12-7-6-11(10-13(12)18(21)22)14(19)17-8-4-3-5-9-17/h6-7,10H,3-5,8-9H2,1-2H3. The number of amides is 2. The lowest BCUT2D eigenvalue weighted by Crippen LogP contribution is -2.35. The Morgan fingerprint density at radius 1 is 1.18 bits per heavy atom. The molecule has 7 nitrogen and oxygen atoms in total. The molecule has 1 aliphatic rings. The molecule has 0 aliphatic carbocycles. The van der Waals surface area contributed by atoms with Crippen LogP contribution in [0.25, 0.3) is 0 Å². The van der Waals surface area contributed by atoms with E-state index in [0.717, 1.165) is 19.3 Å². The Labute approximate surface area is 128 Å². The minimum Gasteiger partial charge on any atom is -0.345 e. The summed E-state index contributed by atoms with van der Waals surface area (Å²) in [5.41, 5.74) is -0.0874. The van der Waals surface area contributed by atoms with E-state index in [1.165, 1.54) is 37.2 Å². The molecule has 1 aliphatic heterocycles. The van der Waals surface area contributed by atoms with Gasteiger partial charge in [-0.05, 0) is 31.4 Å². The van der Waals surface area contributed by atoms with E-state index in [4.69, 9.17) is 0 Å². The van der Waals surface area contributed by atoms with Gasteiger partial charge in [-0.15, -0.1) is 0 Å². The molecule has 118 valence electrons. The SMILES string of the molecule is CN(C)C(=O)c1ccc(C(=O)N2CCCCC2)cc1[N+](=O)[O-]. The van der Waals surface area contributed by atoms with Crippen LogP contribution < -0.4 is 0 Å². The van der Waals surface area contributed by atoms with Gasteiger partial charge in [-0.3, -0.25) is 19.7 Å². The van der Waals surface area contributed by atoms with E-state index < -0.39 is 10.8 Å². The zero-order valence-electron chi connectivity index (χ0n) is 12.7. The summed E-state index contributed by atoms with van der Waals surface area (Å²) in [6.45, 7) is 1.34. The molecule has 0 saturated carbocycles. The molecule has 0 unspecified atom stereocenters. The predicted molar refractivity (Wildman–Crippen MR) is 80.9 cm³/mol. The first-order chi connectivity index (χ1) is 10.4. The maximum absolute atomic E-state index is 12.4. The Bertz CT molecular complexity index is 607. The lowest BCUT2D eigenvalue weighted by atomic mass is 10.1. The Balaban J connectivity index is 2.34. The highest BCUT2D eigenvalue weighted by molar-refractivity contribution is 6.01. The summed E-state index contributed by atoms with van der Waals surface area (Å²) < 4.78 is 0. The summed E-state index contributed by atoms with van der Waals surface area (Å²) in [5.74, 6) is -0.671. The van der Waals surface area contributed by atoms with Crippen molar-refractivity contribution in [3.05, 3.63) is 39.4 Å². The fourth-order valence-corrected chi connectivity index (χ4v) is 2.52. The van der Waals surface area contributed by atoms with Crippen molar-refractivity contribution in [3.63, 3.8) is 0 Å². The summed E-state index contributed by atoms with van der Waals surface area (Å²) in [5, 5.41) is 11.2. The number of benzene rings is 1. The van der Waals surface area contributed by atoms with Crippen LogP contribution in [0, 0.1) is 10.1 Å². The highest BCUT2D eigenvalue weighted by atomic mass is 16.6. The molecule has 0 spiro atoms. The minimum atomic E-state index is -0.621. The number of likely N-dealkylation sites (tertiary alicyclic amines) is 1. The average Bonchev–Trinajstić information content (AvgIpc) is 2.53. The van der Waals surface area contributed by atoms with E-state index in [1.807, 2.05) is 0 Å². The van der Waals surface area contributed by atoms with E-state index in [9.17, 15) is 19.7 Å². The Morgan fingerprint density at radius 2 is 1.82 bits per heavy atom. The monoisotopic (exact) mass is 305 g/mol. The Morgan fingerprint density at radius 3 is 2.36 bits per heavy atom. The maximum atomic E-state index is 12.4. The third kappa shape index (κ3) is 3.24. The van der Waals surface area contributed by atoms with Crippen LogP contribution >= 0.6 is 0 Å². The molecular weight excluding hydrogens is 286 g/mol. The van der Waals surface area contributed by atoms with Crippen LogP contribution in [0.2, 0.25) is 0 Å². The third-order valence-electron chi connectivity index (χ3n) is 3.72. The number of carbonyl (C=O) groups is 2. The normalized spacial score (nSPS) is 14.5. The van der Waals surface area contributed by atoms with E-state index in [1.54, 1.807) is 4.90 Å². The largest absolute Gasteiger partial charge is 0.345 e. The highest BCUT2D eigenvalue weighted by Crippen LogP contribution is 2.23. The number of nitrogens with zero attached hydrogens (tertiary/aromatic N) is 3. The van der Waals surface area contributed by atoms with Crippen molar-refractivity contribution in [3.8, 4) is 0 Å². The molecule has 0 radical (unpaired) electrons. The number of carbonyl (C=O) groups excluding carboxylic acids is 2. The molecule has 0 N–H and O–H groups in total. The fraction of sp³-hybridized carbons (Fsp3) is 0.467. The molecule has 1 aromatic rings. The van der Waals surface area contributed by atoms with Crippen LogP contribution in [0.1, 0.15) is 40.0 Å². The molecule has 7 heteroatoms. The summed E-state index contributed by atoms with van der Waals surface area (Å²) in [6.07, 6.45) is 3.00. The van der Waals surface area contributed by atoms with Crippen molar-refractivity contribution < 1.29 is 14.5 Å². The van der Waals surface area contributed by atoms with Crippen LogP contribution in [-0.2, 0) is 0 Å². The number of piperidine rings is 1. The Kier molecular flexibility index (Phi) is 4.75. The second kappa shape index (κ2) is 6.55. The van der Waals surface area contributed by atoms with Crippen LogP contribution in [0.4, 0.5) is 5.69 Å². The summed E-state index contributed by atoms with van der Waals surface area (Å²) in [4.78, 5) is 37.9. The zero-order valence-corrected chi connectivity index (χ0v) is 12.7. The molecule has 1 aromatic carbocycles. The molecule has 0 aromatic heterocycles. The predicted octanol–water partition coefficient (Wildman–Crippen LogP) is 1.92. The molecule has 2 rings (SSSR count). The van der Waals surface area contributed by atoms with E-state index >= 15 is 0 Å². The first-order valence-electron chi connectivity index (χ1n) is 7.21. The van der Waals surface area contributed by atoms with Gasteiger partial charge in [-0.1, -0.05) is 0 Å². The summed E-state index contributed by atoms with van der Waals surface area (Å²) in [6, 6.07) is 4.05. The first-order valence-corrected chi connectivity index (χ1v) is 7.21. The van der Waals surface area contributed by atoms with Crippen molar-refractivity contribution in [1.82, 2.24) is 9.80 Å². The average molecular weight is 305 g/mol. The Hall–Kier alpha value is -2.44. The quantitative estimate of drug-likeness (QED) is 0.631. The van der Waals surface area contributed by atoms with Crippen molar-refractivity contribution in [2.75, 3.05) is 27.2 Å². The van der Waals surface area contributed by atoms with Gasteiger partial charge in [0.05, 0.1) is 4.92 Å². The summed E-state index contributed by atoms with van der Waals surface area (Å²) >= 11 is 0. The molecular formula is C15H19N3O4. The number of hydrogen-bond donors (Lipinski definition) is 0. The summed E-state index contributed by atoms with van der Waals surface area (Å²) in [7, 11) is 3.05. The number of nitro benzene ring substituents is 1. The smallest absolute Gasteiger partial charge is 0.282 e. The molecule has 1 heterocycles. The lowest BCUT2D eigenvalue weighted by Gasteiger charge is -2.26. The minimum absolute atomic E-state index is 0.00908. The van der Waals surface area contributed by atoms with Gasteiger partial charge in [-0.2, -0.15) is 0 Å².